The van der Waals surface area contributed by atoms with Crippen LogP contribution in [0.5, 0.6) is 0 Å². The van der Waals surface area contributed by atoms with Gasteiger partial charge in [0.2, 0.25) is 0 Å². The third-order valence-electron chi connectivity index (χ3n) is 7.06. The number of carbonyl (C=O) groups excluding carboxylic acids is 4. The van der Waals surface area contributed by atoms with E-state index in [4.69, 9.17) is 18.9 Å². The zero-order valence-corrected chi connectivity index (χ0v) is 26.0. The van der Waals surface area contributed by atoms with Gasteiger partial charge in [0.15, 0.2) is 5.41 Å². The molecule has 0 fully saturated rings. The Balaban J connectivity index is 1.68. The Kier molecular flexibility index (Phi) is 12.1. The van der Waals surface area contributed by atoms with Crippen LogP contribution < -0.4 is 0 Å². The SMILES string of the molecule is COC(=O)c1ccc(C#CCC(CC#Cc2ccc(C(=O)OC)cc2)(C(=O)OCc2ccccc2)C(=O)OCc2ccccc2)cc1. The van der Waals surface area contributed by atoms with Gasteiger partial charge >= 0.3 is 23.9 Å². The van der Waals surface area contributed by atoms with Crippen molar-refractivity contribution in [1.82, 2.24) is 0 Å². The Labute approximate surface area is 273 Å². The standard InChI is InChI=1S/C39H32O8/c1-44-35(40)33-21-17-29(18-22-33)15-9-25-39(37(42)46-27-31-11-5-3-6-12-31,38(43)47-28-32-13-7-4-8-14-32)26-10-16-30-19-23-34(24-20-30)36(41)45-2/h3-8,11-14,17-24H,25-28H2,1-2H3. The molecule has 0 N–H and O–H groups in total. The zero-order chi connectivity index (χ0) is 33.5. The minimum atomic E-state index is -1.90. The van der Waals surface area contributed by atoms with Gasteiger partial charge in [0, 0.05) is 24.0 Å². The third kappa shape index (κ3) is 9.43. The van der Waals surface area contributed by atoms with Crippen LogP contribution in [-0.4, -0.2) is 38.1 Å². The van der Waals surface area contributed by atoms with Crippen LogP contribution in [0.15, 0.2) is 109 Å². The van der Waals surface area contributed by atoms with Crippen molar-refractivity contribution in [3.05, 3.63) is 143 Å². The summed E-state index contributed by atoms with van der Waals surface area (Å²) in [4.78, 5) is 51.5. The molecule has 0 heterocycles. The molecule has 236 valence electrons. The van der Waals surface area contributed by atoms with Gasteiger partial charge in [0.25, 0.3) is 0 Å². The van der Waals surface area contributed by atoms with Crippen LogP contribution in [0.4, 0.5) is 0 Å². The largest absolute Gasteiger partial charge is 0.465 e. The van der Waals surface area contributed by atoms with E-state index in [1.54, 1.807) is 72.8 Å². The molecule has 0 aliphatic heterocycles. The van der Waals surface area contributed by atoms with Crippen molar-refractivity contribution in [3.8, 4) is 23.7 Å². The molecular formula is C39H32O8. The highest BCUT2D eigenvalue weighted by Gasteiger charge is 2.48. The summed E-state index contributed by atoms with van der Waals surface area (Å²) in [6.07, 6.45) is -0.522. The summed E-state index contributed by atoms with van der Waals surface area (Å²) in [6, 6.07) is 31.0. The molecule has 47 heavy (non-hydrogen) atoms. The number of hydrogen-bond acceptors (Lipinski definition) is 8. The molecule has 4 rings (SSSR count). The lowest BCUT2D eigenvalue weighted by atomic mass is 9.81. The fraction of sp³-hybridized carbons (Fsp3) is 0.179. The summed E-state index contributed by atoms with van der Waals surface area (Å²) < 4.78 is 20.9. The third-order valence-corrected chi connectivity index (χ3v) is 7.06. The summed E-state index contributed by atoms with van der Waals surface area (Å²) in [5.41, 5.74) is 1.40. The second kappa shape index (κ2) is 16.8. The van der Waals surface area contributed by atoms with Crippen molar-refractivity contribution in [3.63, 3.8) is 0 Å². The minimum Gasteiger partial charge on any atom is -0.465 e. The molecule has 0 spiro atoms. The molecule has 0 saturated carbocycles. The molecule has 8 nitrogen and oxygen atoms in total. The number of rotatable bonds is 10. The number of benzene rings is 4. The Morgan fingerprint density at radius 2 is 0.894 bits per heavy atom. The molecular weight excluding hydrogens is 596 g/mol. The lowest BCUT2D eigenvalue weighted by molar-refractivity contribution is -0.173. The summed E-state index contributed by atoms with van der Waals surface area (Å²) in [5.74, 6) is 9.21. The highest BCUT2D eigenvalue weighted by Crippen LogP contribution is 2.31. The molecule has 0 unspecified atom stereocenters. The topological polar surface area (TPSA) is 105 Å². The normalized spacial score (nSPS) is 10.3. The Bertz CT molecular complexity index is 1670. The quantitative estimate of drug-likeness (QED) is 0.0923. The molecule has 4 aromatic carbocycles. The minimum absolute atomic E-state index is 0.0712. The van der Waals surface area contributed by atoms with Crippen molar-refractivity contribution in [2.24, 2.45) is 5.41 Å². The predicted octanol–water partition coefficient (Wildman–Crippen LogP) is 5.92. The smallest absolute Gasteiger partial charge is 0.337 e. The monoisotopic (exact) mass is 628 g/mol. The molecule has 0 bridgehead atoms. The van der Waals surface area contributed by atoms with Crippen LogP contribution in [0, 0.1) is 29.1 Å². The maximum absolute atomic E-state index is 13.9. The van der Waals surface area contributed by atoms with Crippen molar-refractivity contribution in [2.75, 3.05) is 14.2 Å². The van der Waals surface area contributed by atoms with E-state index in [0.29, 0.717) is 22.3 Å². The van der Waals surface area contributed by atoms with Crippen LogP contribution >= 0.6 is 0 Å². The van der Waals surface area contributed by atoms with Gasteiger partial charge in [-0.2, -0.15) is 0 Å². The molecule has 0 aromatic heterocycles. The molecule has 0 radical (unpaired) electrons. The Morgan fingerprint density at radius 3 is 1.23 bits per heavy atom. The average molecular weight is 629 g/mol. The summed E-state index contributed by atoms with van der Waals surface area (Å²) in [5, 5.41) is 0. The second-order valence-corrected chi connectivity index (χ2v) is 10.3. The molecule has 4 aromatic rings. The van der Waals surface area contributed by atoms with E-state index < -0.39 is 29.3 Å². The highest BCUT2D eigenvalue weighted by molar-refractivity contribution is 6.01. The Hall–Kier alpha value is -6.12. The van der Waals surface area contributed by atoms with E-state index in [2.05, 4.69) is 23.7 Å². The van der Waals surface area contributed by atoms with E-state index in [1.165, 1.54) is 14.2 Å². The first-order valence-electron chi connectivity index (χ1n) is 14.6. The molecule has 0 aliphatic rings. The molecule has 0 aliphatic carbocycles. The summed E-state index contributed by atoms with van der Waals surface area (Å²) in [6.45, 7) is -0.142. The summed E-state index contributed by atoms with van der Waals surface area (Å²) in [7, 11) is 2.59. The van der Waals surface area contributed by atoms with Crippen LogP contribution in [0.25, 0.3) is 0 Å². The first-order chi connectivity index (χ1) is 22.8. The van der Waals surface area contributed by atoms with Gasteiger partial charge in [-0.05, 0) is 59.7 Å². The first-order valence-corrected chi connectivity index (χ1v) is 14.6. The van der Waals surface area contributed by atoms with Crippen molar-refractivity contribution in [2.45, 2.75) is 26.1 Å². The number of methoxy groups -OCH3 is 2. The lowest BCUT2D eigenvalue weighted by Crippen LogP contribution is -2.41. The van der Waals surface area contributed by atoms with Crippen LogP contribution in [0.2, 0.25) is 0 Å². The molecule has 8 heteroatoms. The number of esters is 4. The van der Waals surface area contributed by atoms with Gasteiger partial charge in [-0.1, -0.05) is 84.3 Å². The van der Waals surface area contributed by atoms with Crippen molar-refractivity contribution in [1.29, 1.82) is 0 Å². The van der Waals surface area contributed by atoms with Crippen molar-refractivity contribution >= 4 is 23.9 Å². The van der Waals surface area contributed by atoms with E-state index >= 15 is 0 Å². The average Bonchev–Trinajstić information content (AvgIpc) is 3.12. The van der Waals surface area contributed by atoms with Crippen molar-refractivity contribution < 1.29 is 38.1 Å². The van der Waals surface area contributed by atoms with Gasteiger partial charge in [0.05, 0.1) is 25.3 Å². The maximum Gasteiger partial charge on any atom is 0.337 e. The maximum atomic E-state index is 13.9. The lowest BCUT2D eigenvalue weighted by Gasteiger charge is -2.26. The van der Waals surface area contributed by atoms with E-state index in [9.17, 15) is 19.2 Å². The Morgan fingerprint density at radius 1 is 0.532 bits per heavy atom. The molecule has 0 atom stereocenters. The fourth-order valence-electron chi connectivity index (χ4n) is 4.37. The predicted molar refractivity (Wildman–Crippen MR) is 173 cm³/mol. The van der Waals surface area contributed by atoms with Gasteiger partial charge in [-0.3, -0.25) is 9.59 Å². The van der Waals surface area contributed by atoms with Gasteiger partial charge in [-0.15, -0.1) is 0 Å². The highest BCUT2D eigenvalue weighted by atomic mass is 16.6. The van der Waals surface area contributed by atoms with Gasteiger partial charge < -0.3 is 18.9 Å². The number of carbonyl (C=O) groups is 4. The van der Waals surface area contributed by atoms with E-state index in [1.807, 2.05) is 36.4 Å². The first kappa shape index (κ1) is 33.8. The molecule has 0 saturated heterocycles. The van der Waals surface area contributed by atoms with E-state index in [-0.39, 0.29) is 26.1 Å². The summed E-state index contributed by atoms with van der Waals surface area (Å²) >= 11 is 0. The number of ether oxygens (including phenoxy) is 4. The van der Waals surface area contributed by atoms with Crippen LogP contribution in [0.3, 0.4) is 0 Å². The second-order valence-electron chi connectivity index (χ2n) is 10.3. The van der Waals surface area contributed by atoms with Crippen LogP contribution in [-0.2, 0) is 41.8 Å². The fourth-order valence-corrected chi connectivity index (χ4v) is 4.37. The van der Waals surface area contributed by atoms with Crippen LogP contribution in [0.1, 0.15) is 55.8 Å². The van der Waals surface area contributed by atoms with Gasteiger partial charge in [-0.25, -0.2) is 9.59 Å². The zero-order valence-electron chi connectivity index (χ0n) is 26.0. The number of hydrogen-bond donors (Lipinski definition) is 0. The van der Waals surface area contributed by atoms with E-state index in [0.717, 1.165) is 11.1 Å². The van der Waals surface area contributed by atoms with Gasteiger partial charge in [0.1, 0.15) is 13.2 Å². The molecule has 0 amide bonds.